The van der Waals surface area contributed by atoms with Crippen molar-refractivity contribution in [1.82, 2.24) is 19.9 Å². The number of carbonyl (C=O) groups excluding carboxylic acids is 1. The lowest BCUT2D eigenvalue weighted by molar-refractivity contribution is -0.143. The van der Waals surface area contributed by atoms with E-state index in [4.69, 9.17) is 9.47 Å². The lowest BCUT2D eigenvalue weighted by Crippen LogP contribution is -2.41. The number of hydrogen-bond donors (Lipinski definition) is 0. The summed E-state index contributed by atoms with van der Waals surface area (Å²) in [6.45, 7) is 9.76. The third-order valence-electron chi connectivity index (χ3n) is 8.56. The van der Waals surface area contributed by atoms with Crippen molar-refractivity contribution in [3.63, 3.8) is 0 Å². The Labute approximate surface area is 240 Å². The molecule has 6 rings (SSSR count). The summed E-state index contributed by atoms with van der Waals surface area (Å²) in [6.07, 6.45) is 2.23. The van der Waals surface area contributed by atoms with E-state index >= 15 is 0 Å². The second kappa shape index (κ2) is 10.6. The largest absolute Gasteiger partial charge is 0.486 e. The molecular formula is C33H37FN4O3. The van der Waals surface area contributed by atoms with Gasteiger partial charge in [-0.05, 0) is 80.5 Å². The monoisotopic (exact) mass is 556 g/mol. The molecule has 1 aliphatic carbocycles. The fraction of sp³-hybridized carbons (Fsp3) is 0.424. The minimum absolute atomic E-state index is 0.181. The maximum atomic E-state index is 14.1. The van der Waals surface area contributed by atoms with Crippen LogP contribution in [0.3, 0.4) is 0 Å². The van der Waals surface area contributed by atoms with Gasteiger partial charge in [0.2, 0.25) is 0 Å². The Bertz CT molecular complexity index is 1630. The predicted octanol–water partition coefficient (Wildman–Crippen LogP) is 6.16. The van der Waals surface area contributed by atoms with Crippen LogP contribution in [-0.4, -0.2) is 44.6 Å². The Morgan fingerprint density at radius 2 is 1.98 bits per heavy atom. The van der Waals surface area contributed by atoms with Gasteiger partial charge in [0, 0.05) is 43.7 Å². The molecule has 3 aromatic carbocycles. The van der Waals surface area contributed by atoms with E-state index in [1.807, 2.05) is 26.1 Å². The van der Waals surface area contributed by atoms with Crippen molar-refractivity contribution in [3.8, 4) is 5.75 Å². The quantitative estimate of drug-likeness (QED) is 0.265. The summed E-state index contributed by atoms with van der Waals surface area (Å²) in [5, 5.41) is 8.61. The molecule has 4 aromatic rings. The highest BCUT2D eigenvalue weighted by molar-refractivity contribution is 5.80. The van der Waals surface area contributed by atoms with E-state index in [9.17, 15) is 9.18 Å². The molecule has 0 saturated heterocycles. The van der Waals surface area contributed by atoms with Crippen molar-refractivity contribution < 1.29 is 18.7 Å². The Kier molecular flexibility index (Phi) is 7.06. The normalized spacial score (nSPS) is 18.8. The summed E-state index contributed by atoms with van der Waals surface area (Å²) in [6, 6.07) is 15.9. The number of hydrogen-bond acceptors (Lipinski definition) is 6. The SMILES string of the molecule is CCOC(=O)CC(c1ccc2c(c1)C(N1Cc3ccc(F)cc3OC(C)(C)C1)CC2)c1ccc2c(nnn2C)c1C. The minimum atomic E-state index is -0.477. The van der Waals surface area contributed by atoms with Gasteiger partial charge in [-0.3, -0.25) is 9.69 Å². The van der Waals surface area contributed by atoms with E-state index in [1.165, 1.54) is 23.3 Å². The highest BCUT2D eigenvalue weighted by Crippen LogP contribution is 2.43. The maximum Gasteiger partial charge on any atom is 0.306 e. The van der Waals surface area contributed by atoms with Crippen LogP contribution in [0.15, 0.2) is 48.5 Å². The lowest BCUT2D eigenvalue weighted by Gasteiger charge is -2.34. The first-order valence-electron chi connectivity index (χ1n) is 14.4. The first-order valence-corrected chi connectivity index (χ1v) is 14.4. The molecule has 0 saturated carbocycles. The molecule has 7 nitrogen and oxygen atoms in total. The smallest absolute Gasteiger partial charge is 0.306 e. The molecule has 1 aliphatic heterocycles. The van der Waals surface area contributed by atoms with Crippen molar-refractivity contribution in [1.29, 1.82) is 0 Å². The molecule has 8 heteroatoms. The molecule has 1 aromatic heterocycles. The molecule has 41 heavy (non-hydrogen) atoms. The Hall–Kier alpha value is -3.78. The fourth-order valence-electron chi connectivity index (χ4n) is 6.68. The zero-order chi connectivity index (χ0) is 28.9. The molecule has 0 amide bonds. The van der Waals surface area contributed by atoms with Gasteiger partial charge in [0.25, 0.3) is 0 Å². The van der Waals surface area contributed by atoms with Crippen LogP contribution in [0.25, 0.3) is 11.0 Å². The number of aromatic nitrogens is 3. The summed E-state index contributed by atoms with van der Waals surface area (Å²) >= 11 is 0. The number of carbonyl (C=O) groups is 1. The van der Waals surface area contributed by atoms with E-state index in [-0.39, 0.29) is 30.2 Å². The van der Waals surface area contributed by atoms with Gasteiger partial charge in [-0.2, -0.15) is 0 Å². The van der Waals surface area contributed by atoms with Crippen LogP contribution in [0, 0.1) is 12.7 Å². The first-order chi connectivity index (χ1) is 19.6. The summed E-state index contributed by atoms with van der Waals surface area (Å²) < 4.78 is 27.5. The van der Waals surface area contributed by atoms with Gasteiger partial charge in [-0.1, -0.05) is 35.5 Å². The number of halogens is 1. The van der Waals surface area contributed by atoms with Crippen LogP contribution in [0.5, 0.6) is 5.75 Å². The summed E-state index contributed by atoms with van der Waals surface area (Å²) in [4.78, 5) is 15.3. The van der Waals surface area contributed by atoms with Crippen LogP contribution < -0.4 is 4.74 Å². The highest BCUT2D eigenvalue weighted by Gasteiger charge is 2.36. The van der Waals surface area contributed by atoms with Crippen LogP contribution in [-0.2, 0) is 29.5 Å². The molecule has 2 heterocycles. The Morgan fingerprint density at radius 1 is 1.17 bits per heavy atom. The fourth-order valence-corrected chi connectivity index (χ4v) is 6.68. The van der Waals surface area contributed by atoms with E-state index in [1.54, 1.807) is 4.68 Å². The predicted molar refractivity (Wildman–Crippen MR) is 155 cm³/mol. The topological polar surface area (TPSA) is 69.5 Å². The molecule has 2 unspecified atom stereocenters. The van der Waals surface area contributed by atoms with E-state index in [0.29, 0.717) is 25.4 Å². The molecule has 0 radical (unpaired) electrons. The second-order valence-electron chi connectivity index (χ2n) is 12.0. The van der Waals surface area contributed by atoms with Crippen LogP contribution in [0.4, 0.5) is 4.39 Å². The van der Waals surface area contributed by atoms with E-state index in [2.05, 4.69) is 60.2 Å². The van der Waals surface area contributed by atoms with Crippen LogP contribution in [0.1, 0.15) is 79.0 Å². The van der Waals surface area contributed by atoms with E-state index in [0.717, 1.165) is 46.1 Å². The number of aryl methyl sites for hydroxylation is 3. The molecule has 0 bridgehead atoms. The van der Waals surface area contributed by atoms with Gasteiger partial charge in [-0.15, -0.1) is 5.10 Å². The molecule has 2 aliphatic rings. The minimum Gasteiger partial charge on any atom is -0.486 e. The molecule has 0 N–H and O–H groups in total. The number of esters is 1. The van der Waals surface area contributed by atoms with Gasteiger partial charge in [0.15, 0.2) is 0 Å². The van der Waals surface area contributed by atoms with Crippen LogP contribution in [0.2, 0.25) is 0 Å². The maximum absolute atomic E-state index is 14.1. The second-order valence-corrected chi connectivity index (χ2v) is 12.0. The van der Waals surface area contributed by atoms with Crippen molar-refractivity contribution in [3.05, 3.63) is 87.7 Å². The van der Waals surface area contributed by atoms with Crippen LogP contribution >= 0.6 is 0 Å². The molecule has 0 spiro atoms. The summed E-state index contributed by atoms with van der Waals surface area (Å²) in [5.41, 5.74) is 8.11. The van der Waals surface area contributed by atoms with Crippen molar-refractivity contribution in [2.45, 2.75) is 71.1 Å². The first kappa shape index (κ1) is 27.4. The summed E-state index contributed by atoms with van der Waals surface area (Å²) in [7, 11) is 1.88. The number of benzene rings is 3. The number of fused-ring (bicyclic) bond motifs is 3. The van der Waals surface area contributed by atoms with Gasteiger partial charge in [-0.25, -0.2) is 9.07 Å². The Balaban J connectivity index is 1.39. The van der Waals surface area contributed by atoms with Gasteiger partial charge < -0.3 is 9.47 Å². The van der Waals surface area contributed by atoms with E-state index < -0.39 is 5.60 Å². The molecule has 2 atom stereocenters. The molecule has 0 fully saturated rings. The van der Waals surface area contributed by atoms with Gasteiger partial charge in [0.05, 0.1) is 18.5 Å². The van der Waals surface area contributed by atoms with Crippen molar-refractivity contribution >= 4 is 17.0 Å². The standard InChI is InChI=1S/C33H37FN4O3/c1-6-40-31(39)17-26(25-12-14-29-32(20(25)2)35-36-37(29)5)22-8-7-21-10-13-28(27(21)15-22)38-18-23-9-11-24(34)16-30(23)41-33(3,4)19-38/h7-9,11-12,14-16,26,28H,6,10,13,17-19H2,1-5H3. The lowest BCUT2D eigenvalue weighted by atomic mass is 9.84. The third-order valence-corrected chi connectivity index (χ3v) is 8.56. The average Bonchev–Trinajstić information content (AvgIpc) is 3.48. The average molecular weight is 557 g/mol. The number of nitrogens with zero attached hydrogens (tertiary/aromatic N) is 4. The summed E-state index contributed by atoms with van der Waals surface area (Å²) in [5.74, 6) is -0.0663. The van der Waals surface area contributed by atoms with Crippen molar-refractivity contribution in [2.75, 3.05) is 13.2 Å². The number of ether oxygens (including phenoxy) is 2. The van der Waals surface area contributed by atoms with Crippen molar-refractivity contribution in [2.24, 2.45) is 7.05 Å². The molecular weight excluding hydrogens is 519 g/mol. The highest BCUT2D eigenvalue weighted by atomic mass is 19.1. The number of rotatable bonds is 6. The zero-order valence-corrected chi connectivity index (χ0v) is 24.4. The molecule has 214 valence electrons. The third kappa shape index (κ3) is 5.21. The zero-order valence-electron chi connectivity index (χ0n) is 24.4. The van der Waals surface area contributed by atoms with Gasteiger partial charge in [0.1, 0.15) is 22.7 Å². The Morgan fingerprint density at radius 3 is 2.78 bits per heavy atom. The van der Waals surface area contributed by atoms with Gasteiger partial charge >= 0.3 is 5.97 Å².